The van der Waals surface area contributed by atoms with Gasteiger partial charge in [0.2, 0.25) is 0 Å². The van der Waals surface area contributed by atoms with E-state index < -0.39 is 6.10 Å². The van der Waals surface area contributed by atoms with E-state index in [4.69, 9.17) is 14.2 Å². The number of esters is 3. The molecule has 0 aliphatic rings. The third-order valence-corrected chi connectivity index (χ3v) is 12.7. The van der Waals surface area contributed by atoms with E-state index in [1.54, 1.807) is 0 Å². The SMILES string of the molecule is CC/C=C\C/C=C\C/C=C\C/C=C\C/C=C\C/C=C\C/C=C\CCCCCCCCCC(=O)OCC(COC(=O)CC/C=C\C/C=C\C/C=C\C/C=C\CC)OC(=O)CCCCCCCCCCCCCCCCC. The van der Waals surface area contributed by atoms with Crippen molar-refractivity contribution < 1.29 is 28.6 Å². The minimum absolute atomic E-state index is 0.108. The van der Waals surface area contributed by atoms with Gasteiger partial charge in [-0.15, -0.1) is 0 Å². The zero-order valence-corrected chi connectivity index (χ0v) is 48.5. The van der Waals surface area contributed by atoms with E-state index in [9.17, 15) is 14.4 Å². The van der Waals surface area contributed by atoms with E-state index >= 15 is 0 Å². The minimum atomic E-state index is -0.814. The van der Waals surface area contributed by atoms with Gasteiger partial charge >= 0.3 is 17.9 Å². The topological polar surface area (TPSA) is 78.9 Å². The van der Waals surface area contributed by atoms with Crippen molar-refractivity contribution in [2.75, 3.05) is 13.2 Å². The monoisotopic (exact) mass is 1040 g/mol. The summed E-state index contributed by atoms with van der Waals surface area (Å²) in [6, 6.07) is 0. The molecule has 1 atom stereocenters. The molecule has 424 valence electrons. The highest BCUT2D eigenvalue weighted by Gasteiger charge is 2.19. The predicted octanol–water partition coefficient (Wildman–Crippen LogP) is 21.0. The third kappa shape index (κ3) is 60.3. The molecule has 0 aromatic rings. The maximum Gasteiger partial charge on any atom is 0.306 e. The summed E-state index contributed by atoms with van der Waals surface area (Å²) in [5.74, 6) is -1.00. The van der Waals surface area contributed by atoms with Crippen LogP contribution in [0.15, 0.2) is 134 Å². The van der Waals surface area contributed by atoms with Crippen LogP contribution >= 0.6 is 0 Å². The molecule has 1 unspecified atom stereocenters. The van der Waals surface area contributed by atoms with Gasteiger partial charge < -0.3 is 14.2 Å². The molecule has 0 aliphatic heterocycles. The van der Waals surface area contributed by atoms with Crippen molar-refractivity contribution in [3.63, 3.8) is 0 Å². The Morgan fingerprint density at radius 2 is 0.547 bits per heavy atom. The maximum absolute atomic E-state index is 12.9. The maximum atomic E-state index is 12.9. The summed E-state index contributed by atoms with van der Waals surface area (Å²) in [6.45, 7) is 6.34. The zero-order chi connectivity index (χ0) is 54.3. The fourth-order valence-electron chi connectivity index (χ4n) is 8.14. The number of allylic oxidation sites excluding steroid dienone is 22. The summed E-state index contributed by atoms with van der Waals surface area (Å²) in [7, 11) is 0. The molecule has 6 nitrogen and oxygen atoms in total. The quantitative estimate of drug-likeness (QED) is 0.0261. The molecule has 0 amide bonds. The second-order valence-corrected chi connectivity index (χ2v) is 19.9. The highest BCUT2D eigenvalue weighted by atomic mass is 16.6. The Balaban J connectivity index is 4.36. The summed E-state index contributed by atoms with van der Waals surface area (Å²) in [5.41, 5.74) is 0. The summed E-state index contributed by atoms with van der Waals surface area (Å²) >= 11 is 0. The van der Waals surface area contributed by atoms with Gasteiger partial charge in [-0.05, 0) is 103 Å². The normalized spacial score (nSPS) is 13.1. The molecule has 0 bridgehead atoms. The Bertz CT molecular complexity index is 1620. The Morgan fingerprint density at radius 3 is 0.893 bits per heavy atom. The second-order valence-electron chi connectivity index (χ2n) is 19.9. The molecule has 0 aliphatic carbocycles. The average Bonchev–Trinajstić information content (AvgIpc) is 3.41. The first kappa shape index (κ1) is 70.5. The molecule has 0 N–H and O–H groups in total. The molecule has 0 aromatic heterocycles. The largest absolute Gasteiger partial charge is 0.462 e. The van der Waals surface area contributed by atoms with E-state index in [-0.39, 0.29) is 37.5 Å². The van der Waals surface area contributed by atoms with Crippen molar-refractivity contribution in [2.45, 2.75) is 271 Å². The fourth-order valence-corrected chi connectivity index (χ4v) is 8.14. The molecule has 0 spiro atoms. The van der Waals surface area contributed by atoms with Crippen LogP contribution in [0.4, 0.5) is 0 Å². The number of rotatable bonds is 54. The van der Waals surface area contributed by atoms with E-state index in [0.717, 1.165) is 116 Å². The first-order valence-corrected chi connectivity index (χ1v) is 30.7. The Kier molecular flexibility index (Phi) is 58.4. The lowest BCUT2D eigenvalue weighted by Gasteiger charge is -2.18. The zero-order valence-electron chi connectivity index (χ0n) is 48.5. The van der Waals surface area contributed by atoms with E-state index in [1.165, 1.54) is 103 Å². The Hall–Kier alpha value is -4.45. The first-order valence-electron chi connectivity index (χ1n) is 30.7. The molecule has 0 saturated heterocycles. The van der Waals surface area contributed by atoms with Crippen molar-refractivity contribution in [2.24, 2.45) is 0 Å². The van der Waals surface area contributed by atoms with Gasteiger partial charge in [0.25, 0.3) is 0 Å². The molecule has 0 heterocycles. The molecule has 0 radical (unpaired) electrons. The molecule has 0 rings (SSSR count). The van der Waals surface area contributed by atoms with Crippen LogP contribution < -0.4 is 0 Å². The molecule has 0 saturated carbocycles. The van der Waals surface area contributed by atoms with Crippen molar-refractivity contribution in [1.82, 2.24) is 0 Å². The number of hydrogen-bond donors (Lipinski definition) is 0. The highest BCUT2D eigenvalue weighted by molar-refractivity contribution is 5.71. The summed E-state index contributed by atoms with van der Waals surface area (Å²) in [4.78, 5) is 38.2. The lowest BCUT2D eigenvalue weighted by Crippen LogP contribution is -2.30. The van der Waals surface area contributed by atoms with Crippen molar-refractivity contribution in [3.8, 4) is 0 Å². The standard InChI is InChI=1S/C69H112O6/c1-4-7-10-13-16-19-22-25-27-28-29-30-31-32-33-34-35-36-37-38-39-40-42-44-47-50-53-56-59-62-68(71)74-65-66(64-73-67(70)61-58-55-52-49-46-43-24-21-18-15-12-9-6-3)75-69(72)63-60-57-54-51-48-45-41-26-23-20-17-14-11-8-5-2/h7,9-10,12,16,18-19,21,25,27,29-30,32-33,35-36,38-39,43,46,52,55,66H,4-6,8,11,13-15,17,20,22-24,26,28,31,34,37,40-42,44-45,47-51,53-54,56-65H2,1-3H3/b10-7-,12-9-,19-16-,21-18-,27-25-,30-29-,33-32-,36-35-,39-38-,46-43-,55-52-. The molecule has 6 heteroatoms. The molecule has 75 heavy (non-hydrogen) atoms. The van der Waals surface area contributed by atoms with Crippen LogP contribution in [-0.4, -0.2) is 37.2 Å². The van der Waals surface area contributed by atoms with Crippen LogP contribution in [-0.2, 0) is 28.6 Å². The Morgan fingerprint density at radius 1 is 0.280 bits per heavy atom. The fraction of sp³-hybridized carbons (Fsp3) is 0.638. The van der Waals surface area contributed by atoms with Gasteiger partial charge in [0.15, 0.2) is 6.10 Å². The third-order valence-electron chi connectivity index (χ3n) is 12.7. The second kappa shape index (κ2) is 62.1. The lowest BCUT2D eigenvalue weighted by atomic mass is 10.0. The average molecular weight is 1040 g/mol. The Labute approximate surface area is 462 Å². The number of carbonyl (C=O) groups is 3. The number of hydrogen-bond acceptors (Lipinski definition) is 6. The van der Waals surface area contributed by atoms with Gasteiger partial charge in [-0.2, -0.15) is 0 Å². The molecular formula is C69H112O6. The van der Waals surface area contributed by atoms with Crippen LogP contribution in [0.3, 0.4) is 0 Å². The predicted molar refractivity (Wildman–Crippen MR) is 325 cm³/mol. The summed E-state index contributed by atoms with van der Waals surface area (Å²) in [5, 5.41) is 0. The van der Waals surface area contributed by atoms with Gasteiger partial charge in [0.1, 0.15) is 13.2 Å². The molecule has 0 aromatic carbocycles. The van der Waals surface area contributed by atoms with Crippen molar-refractivity contribution in [1.29, 1.82) is 0 Å². The first-order chi connectivity index (χ1) is 37.0. The van der Waals surface area contributed by atoms with Crippen molar-refractivity contribution in [3.05, 3.63) is 134 Å². The van der Waals surface area contributed by atoms with Gasteiger partial charge in [-0.3, -0.25) is 14.4 Å². The summed E-state index contributed by atoms with van der Waals surface area (Å²) < 4.78 is 16.8. The van der Waals surface area contributed by atoms with E-state index in [1.807, 2.05) is 6.08 Å². The smallest absolute Gasteiger partial charge is 0.306 e. The number of unbranched alkanes of at least 4 members (excludes halogenated alkanes) is 21. The number of ether oxygens (including phenoxy) is 3. The van der Waals surface area contributed by atoms with Crippen molar-refractivity contribution >= 4 is 17.9 Å². The van der Waals surface area contributed by atoms with Crippen LogP contribution in [0.2, 0.25) is 0 Å². The van der Waals surface area contributed by atoms with Crippen LogP contribution in [0.1, 0.15) is 265 Å². The van der Waals surface area contributed by atoms with E-state index in [0.29, 0.717) is 19.3 Å². The highest BCUT2D eigenvalue weighted by Crippen LogP contribution is 2.15. The van der Waals surface area contributed by atoms with Gasteiger partial charge in [-0.25, -0.2) is 0 Å². The van der Waals surface area contributed by atoms with Crippen LogP contribution in [0, 0.1) is 0 Å². The van der Waals surface area contributed by atoms with E-state index in [2.05, 4.69) is 148 Å². The van der Waals surface area contributed by atoms with Gasteiger partial charge in [0, 0.05) is 19.3 Å². The minimum Gasteiger partial charge on any atom is -0.462 e. The van der Waals surface area contributed by atoms with Gasteiger partial charge in [0.05, 0.1) is 0 Å². The van der Waals surface area contributed by atoms with Crippen LogP contribution in [0.25, 0.3) is 0 Å². The summed E-state index contributed by atoms with van der Waals surface area (Å²) in [6.07, 6.45) is 87.5. The van der Waals surface area contributed by atoms with Crippen LogP contribution in [0.5, 0.6) is 0 Å². The molecule has 0 fully saturated rings. The van der Waals surface area contributed by atoms with Gasteiger partial charge in [-0.1, -0.05) is 276 Å². The molecular weight excluding hydrogens is 925 g/mol. The number of carbonyl (C=O) groups excluding carboxylic acids is 3. The lowest BCUT2D eigenvalue weighted by molar-refractivity contribution is -0.166.